The first kappa shape index (κ1) is 16.8. The SMILES string of the molecule is COC(CNC(=O)c1cccc(N(C)C)c1)c1ccc(Cl)s1. The molecule has 4 nitrogen and oxygen atoms in total. The van der Waals surface area contributed by atoms with E-state index in [9.17, 15) is 4.79 Å². The lowest BCUT2D eigenvalue weighted by Gasteiger charge is -2.16. The minimum Gasteiger partial charge on any atom is -0.378 e. The summed E-state index contributed by atoms with van der Waals surface area (Å²) in [6.07, 6.45) is -0.196. The normalized spacial score (nSPS) is 12.0. The second-order valence-corrected chi connectivity index (χ2v) is 6.77. The first-order valence-corrected chi connectivity index (χ1v) is 8.04. The molecule has 2 aromatic rings. The van der Waals surface area contributed by atoms with Crippen LogP contribution in [0.1, 0.15) is 21.3 Å². The molecule has 0 aliphatic rings. The van der Waals surface area contributed by atoms with Crippen molar-refractivity contribution in [2.75, 3.05) is 32.6 Å². The Morgan fingerprint density at radius 1 is 1.36 bits per heavy atom. The van der Waals surface area contributed by atoms with E-state index in [0.29, 0.717) is 16.4 Å². The first-order valence-electron chi connectivity index (χ1n) is 6.85. The molecule has 1 unspecified atom stereocenters. The van der Waals surface area contributed by atoms with Crippen LogP contribution in [0.5, 0.6) is 0 Å². The van der Waals surface area contributed by atoms with E-state index in [2.05, 4.69) is 5.32 Å². The zero-order valence-electron chi connectivity index (χ0n) is 12.8. The van der Waals surface area contributed by atoms with E-state index in [1.54, 1.807) is 13.2 Å². The summed E-state index contributed by atoms with van der Waals surface area (Å²) < 4.78 is 6.14. The Morgan fingerprint density at radius 3 is 2.73 bits per heavy atom. The van der Waals surface area contributed by atoms with Gasteiger partial charge < -0.3 is 15.0 Å². The Kier molecular flexibility index (Phi) is 5.83. The number of carbonyl (C=O) groups is 1. The van der Waals surface area contributed by atoms with Crippen LogP contribution in [0.4, 0.5) is 5.69 Å². The van der Waals surface area contributed by atoms with Crippen molar-refractivity contribution in [1.29, 1.82) is 0 Å². The van der Waals surface area contributed by atoms with E-state index < -0.39 is 0 Å². The molecule has 1 heterocycles. The number of hydrogen-bond donors (Lipinski definition) is 1. The fraction of sp³-hybridized carbons (Fsp3) is 0.312. The standard InChI is InChI=1S/C16H19ClN2O2S/c1-19(2)12-6-4-5-11(9-12)16(20)18-10-13(21-3)14-7-8-15(17)22-14/h4-9,13H,10H2,1-3H3,(H,18,20). The minimum absolute atomic E-state index is 0.117. The molecule has 22 heavy (non-hydrogen) atoms. The molecule has 0 fully saturated rings. The third-order valence-electron chi connectivity index (χ3n) is 3.27. The highest BCUT2D eigenvalue weighted by Crippen LogP contribution is 2.28. The average molecular weight is 339 g/mol. The Bertz CT molecular complexity index is 643. The summed E-state index contributed by atoms with van der Waals surface area (Å²) in [6.45, 7) is 0.401. The Balaban J connectivity index is 2.01. The minimum atomic E-state index is -0.196. The van der Waals surface area contributed by atoms with Gasteiger partial charge in [-0.1, -0.05) is 17.7 Å². The van der Waals surface area contributed by atoms with Crippen LogP contribution < -0.4 is 10.2 Å². The number of halogens is 1. The molecule has 1 aromatic carbocycles. The van der Waals surface area contributed by atoms with Gasteiger partial charge >= 0.3 is 0 Å². The largest absolute Gasteiger partial charge is 0.378 e. The molecule has 6 heteroatoms. The number of carbonyl (C=O) groups excluding carboxylic acids is 1. The van der Waals surface area contributed by atoms with E-state index in [-0.39, 0.29) is 12.0 Å². The van der Waals surface area contributed by atoms with Gasteiger partial charge in [0.05, 0.1) is 4.34 Å². The molecule has 0 aliphatic carbocycles. The summed E-state index contributed by atoms with van der Waals surface area (Å²) >= 11 is 7.39. The summed E-state index contributed by atoms with van der Waals surface area (Å²) in [6, 6.07) is 11.2. The number of methoxy groups -OCH3 is 1. The number of nitrogens with zero attached hydrogens (tertiary/aromatic N) is 1. The second kappa shape index (κ2) is 7.63. The number of anilines is 1. The molecule has 0 radical (unpaired) electrons. The van der Waals surface area contributed by atoms with Crippen molar-refractivity contribution in [3.05, 3.63) is 51.2 Å². The van der Waals surface area contributed by atoms with Gasteiger partial charge in [-0.05, 0) is 30.3 Å². The number of rotatable bonds is 6. The van der Waals surface area contributed by atoms with Gasteiger partial charge in [0.1, 0.15) is 6.10 Å². The van der Waals surface area contributed by atoms with Crippen LogP contribution in [0.15, 0.2) is 36.4 Å². The van der Waals surface area contributed by atoms with Gasteiger partial charge in [0.2, 0.25) is 0 Å². The van der Waals surface area contributed by atoms with Gasteiger partial charge in [-0.15, -0.1) is 11.3 Å². The van der Waals surface area contributed by atoms with E-state index in [4.69, 9.17) is 16.3 Å². The molecular formula is C16H19ClN2O2S. The highest BCUT2D eigenvalue weighted by molar-refractivity contribution is 7.16. The van der Waals surface area contributed by atoms with E-state index in [1.807, 2.05) is 49.3 Å². The monoisotopic (exact) mass is 338 g/mol. The summed E-state index contributed by atoms with van der Waals surface area (Å²) in [5.74, 6) is -0.117. The van der Waals surface area contributed by atoms with Crippen LogP contribution in [0.2, 0.25) is 4.34 Å². The number of thiophene rings is 1. The van der Waals surface area contributed by atoms with E-state index >= 15 is 0 Å². The van der Waals surface area contributed by atoms with Crippen molar-refractivity contribution in [1.82, 2.24) is 5.32 Å². The molecule has 1 amide bonds. The lowest BCUT2D eigenvalue weighted by atomic mass is 10.1. The third kappa shape index (κ3) is 4.22. The molecule has 1 atom stereocenters. The Labute approximate surface area is 139 Å². The van der Waals surface area contributed by atoms with Crippen LogP contribution in [-0.2, 0) is 4.74 Å². The predicted molar refractivity (Wildman–Crippen MR) is 92.2 cm³/mol. The number of hydrogen-bond acceptors (Lipinski definition) is 4. The molecule has 0 saturated carbocycles. The molecular weight excluding hydrogens is 320 g/mol. The maximum absolute atomic E-state index is 12.3. The molecule has 118 valence electrons. The van der Waals surface area contributed by atoms with Crippen LogP contribution >= 0.6 is 22.9 Å². The lowest BCUT2D eigenvalue weighted by Crippen LogP contribution is -2.29. The van der Waals surface area contributed by atoms with Gasteiger partial charge in [0.15, 0.2) is 0 Å². The van der Waals surface area contributed by atoms with Crippen LogP contribution in [-0.4, -0.2) is 33.7 Å². The predicted octanol–water partition coefficient (Wildman–Crippen LogP) is 3.59. The molecule has 0 saturated heterocycles. The zero-order chi connectivity index (χ0) is 16.1. The van der Waals surface area contributed by atoms with Crippen molar-refractivity contribution >= 4 is 34.5 Å². The van der Waals surface area contributed by atoms with Gasteiger partial charge in [-0.3, -0.25) is 4.79 Å². The molecule has 0 bridgehead atoms. The summed E-state index contributed by atoms with van der Waals surface area (Å²) in [7, 11) is 5.51. The quantitative estimate of drug-likeness (QED) is 0.875. The van der Waals surface area contributed by atoms with Gasteiger partial charge in [0, 0.05) is 43.9 Å². The van der Waals surface area contributed by atoms with Crippen LogP contribution in [0.25, 0.3) is 0 Å². The molecule has 0 spiro atoms. The molecule has 2 rings (SSSR count). The second-order valence-electron chi connectivity index (χ2n) is 5.02. The maximum Gasteiger partial charge on any atom is 0.251 e. The third-order valence-corrected chi connectivity index (χ3v) is 4.59. The Hall–Kier alpha value is -1.56. The fourth-order valence-electron chi connectivity index (χ4n) is 2.01. The number of nitrogens with one attached hydrogen (secondary N) is 1. The van der Waals surface area contributed by atoms with Crippen LogP contribution in [0.3, 0.4) is 0 Å². The average Bonchev–Trinajstić information content (AvgIpc) is 2.94. The van der Waals surface area contributed by atoms with Gasteiger partial charge in [-0.2, -0.15) is 0 Å². The van der Waals surface area contributed by atoms with Gasteiger partial charge in [0.25, 0.3) is 5.91 Å². The molecule has 0 aliphatic heterocycles. The summed E-state index contributed by atoms with van der Waals surface area (Å²) in [5.41, 5.74) is 1.62. The maximum atomic E-state index is 12.3. The van der Waals surface area contributed by atoms with Crippen molar-refractivity contribution in [2.24, 2.45) is 0 Å². The first-order chi connectivity index (χ1) is 10.5. The summed E-state index contributed by atoms with van der Waals surface area (Å²) in [5, 5.41) is 2.90. The highest BCUT2D eigenvalue weighted by Gasteiger charge is 2.15. The number of ether oxygens (including phenoxy) is 1. The van der Waals surface area contributed by atoms with Crippen molar-refractivity contribution in [2.45, 2.75) is 6.10 Å². The van der Waals surface area contributed by atoms with E-state index in [1.165, 1.54) is 11.3 Å². The fourth-order valence-corrected chi connectivity index (χ4v) is 3.15. The Morgan fingerprint density at radius 2 is 2.14 bits per heavy atom. The zero-order valence-corrected chi connectivity index (χ0v) is 14.4. The smallest absolute Gasteiger partial charge is 0.251 e. The lowest BCUT2D eigenvalue weighted by molar-refractivity contribution is 0.0837. The van der Waals surface area contributed by atoms with Crippen molar-refractivity contribution in [3.63, 3.8) is 0 Å². The van der Waals surface area contributed by atoms with Crippen molar-refractivity contribution in [3.8, 4) is 0 Å². The summed E-state index contributed by atoms with van der Waals surface area (Å²) in [4.78, 5) is 15.2. The topological polar surface area (TPSA) is 41.6 Å². The van der Waals surface area contributed by atoms with Crippen LogP contribution in [0, 0.1) is 0 Å². The molecule has 1 aromatic heterocycles. The highest BCUT2D eigenvalue weighted by atomic mass is 35.5. The van der Waals surface area contributed by atoms with Gasteiger partial charge in [-0.25, -0.2) is 0 Å². The number of amides is 1. The van der Waals surface area contributed by atoms with Crippen molar-refractivity contribution < 1.29 is 9.53 Å². The molecule has 1 N–H and O–H groups in total. The number of benzene rings is 1. The van der Waals surface area contributed by atoms with E-state index in [0.717, 1.165) is 10.6 Å².